The Bertz CT molecular complexity index is 455. The molecule has 0 bridgehead atoms. The van der Waals surface area contributed by atoms with Crippen molar-refractivity contribution in [2.75, 3.05) is 13.1 Å². The van der Waals surface area contributed by atoms with E-state index in [2.05, 4.69) is 0 Å². The Morgan fingerprint density at radius 3 is 2.40 bits per heavy atom. The van der Waals surface area contributed by atoms with Crippen molar-refractivity contribution in [1.29, 1.82) is 0 Å². The molecule has 2 rings (SSSR count). The Kier molecular flexibility index (Phi) is 4.48. The minimum atomic E-state index is -0.497. The molecule has 0 aliphatic heterocycles. The van der Waals surface area contributed by atoms with Crippen molar-refractivity contribution in [3.63, 3.8) is 0 Å². The summed E-state index contributed by atoms with van der Waals surface area (Å²) in [6.45, 7) is 7.43. The molecule has 1 fully saturated rings. The third kappa shape index (κ3) is 2.35. The van der Waals surface area contributed by atoms with Crippen LogP contribution in [0.4, 0.5) is 0 Å². The van der Waals surface area contributed by atoms with Gasteiger partial charge in [-0.15, -0.1) is 0 Å². The van der Waals surface area contributed by atoms with Crippen molar-refractivity contribution in [1.82, 2.24) is 4.90 Å². The number of hydrogen-bond donors (Lipinski definition) is 1. The van der Waals surface area contributed by atoms with Gasteiger partial charge >= 0.3 is 0 Å². The van der Waals surface area contributed by atoms with Crippen LogP contribution in [0.25, 0.3) is 0 Å². The maximum Gasteiger partial charge on any atom is 0.233 e. The highest BCUT2D eigenvalue weighted by Crippen LogP contribution is 2.57. The first kappa shape index (κ1) is 15.0. The van der Waals surface area contributed by atoms with Gasteiger partial charge in [0.05, 0.1) is 11.5 Å². The van der Waals surface area contributed by atoms with Crippen LogP contribution in [0.5, 0.6) is 0 Å². The fraction of sp³-hybridized carbons (Fsp3) is 0.588. The molecule has 0 aromatic heterocycles. The molecule has 110 valence electrons. The van der Waals surface area contributed by atoms with E-state index in [0.717, 1.165) is 25.1 Å². The van der Waals surface area contributed by atoms with Crippen molar-refractivity contribution < 1.29 is 9.90 Å². The Morgan fingerprint density at radius 1 is 1.30 bits per heavy atom. The predicted molar refractivity (Wildman–Crippen MR) is 80.5 cm³/mol. The number of aliphatic hydroxyl groups is 1. The minimum absolute atomic E-state index is 0.0583. The van der Waals surface area contributed by atoms with Gasteiger partial charge in [-0.25, -0.2) is 0 Å². The molecule has 1 aliphatic carbocycles. The molecule has 20 heavy (non-hydrogen) atoms. The molecular weight excluding hydrogens is 250 g/mol. The Hall–Kier alpha value is -1.35. The van der Waals surface area contributed by atoms with Crippen molar-refractivity contribution in [3.8, 4) is 0 Å². The monoisotopic (exact) mass is 275 g/mol. The highest BCUT2D eigenvalue weighted by Gasteiger charge is 2.63. The molecular formula is C17H25NO2. The molecule has 3 atom stereocenters. The summed E-state index contributed by atoms with van der Waals surface area (Å²) in [5.74, 6) is 0.231. The fourth-order valence-electron chi connectivity index (χ4n) is 3.27. The van der Waals surface area contributed by atoms with E-state index in [1.807, 2.05) is 56.0 Å². The van der Waals surface area contributed by atoms with Crippen LogP contribution in [0.2, 0.25) is 0 Å². The van der Waals surface area contributed by atoms with Crippen LogP contribution in [0.15, 0.2) is 30.3 Å². The van der Waals surface area contributed by atoms with Gasteiger partial charge in [-0.3, -0.25) is 4.79 Å². The summed E-state index contributed by atoms with van der Waals surface area (Å²) < 4.78 is 0. The van der Waals surface area contributed by atoms with Crippen LogP contribution in [0, 0.1) is 5.92 Å². The quantitative estimate of drug-likeness (QED) is 0.867. The first-order valence-electron chi connectivity index (χ1n) is 7.64. The van der Waals surface area contributed by atoms with E-state index in [9.17, 15) is 9.90 Å². The van der Waals surface area contributed by atoms with Crippen molar-refractivity contribution in [2.24, 2.45) is 5.92 Å². The Balaban J connectivity index is 2.35. The topological polar surface area (TPSA) is 40.5 Å². The normalized spacial score (nSPS) is 26.1. The zero-order valence-electron chi connectivity index (χ0n) is 12.7. The van der Waals surface area contributed by atoms with Crippen LogP contribution >= 0.6 is 0 Å². The third-order valence-corrected chi connectivity index (χ3v) is 4.62. The SMILES string of the molecule is CCC(O)[C@H]1C[C@]1(C(=O)N(CC)CC)c1ccccc1. The smallest absolute Gasteiger partial charge is 0.233 e. The summed E-state index contributed by atoms with van der Waals surface area (Å²) in [6, 6.07) is 9.95. The maximum atomic E-state index is 12.9. The van der Waals surface area contributed by atoms with Crippen LogP contribution in [-0.4, -0.2) is 35.1 Å². The molecule has 1 aromatic rings. The summed E-state index contributed by atoms with van der Waals surface area (Å²) in [6.07, 6.45) is 1.07. The van der Waals surface area contributed by atoms with E-state index in [0.29, 0.717) is 6.42 Å². The lowest BCUT2D eigenvalue weighted by atomic mass is 9.89. The van der Waals surface area contributed by atoms with Gasteiger partial charge in [0.25, 0.3) is 0 Å². The van der Waals surface area contributed by atoms with Gasteiger partial charge in [-0.05, 0) is 32.3 Å². The number of hydrogen-bond acceptors (Lipinski definition) is 2. The summed E-state index contributed by atoms with van der Waals surface area (Å²) in [5.41, 5.74) is 0.553. The Labute approximate surface area is 121 Å². The lowest BCUT2D eigenvalue weighted by molar-refractivity contribution is -0.134. The van der Waals surface area contributed by atoms with E-state index in [1.54, 1.807) is 0 Å². The average molecular weight is 275 g/mol. The van der Waals surface area contributed by atoms with Gasteiger partial charge < -0.3 is 10.0 Å². The van der Waals surface area contributed by atoms with Gasteiger partial charge in [-0.1, -0.05) is 37.3 Å². The third-order valence-electron chi connectivity index (χ3n) is 4.62. The number of amides is 1. The van der Waals surface area contributed by atoms with E-state index >= 15 is 0 Å². The van der Waals surface area contributed by atoms with Gasteiger partial charge in [0, 0.05) is 19.0 Å². The number of rotatable bonds is 6. The molecule has 1 aromatic carbocycles. The second kappa shape index (κ2) is 5.96. The van der Waals surface area contributed by atoms with Gasteiger partial charge in [0.1, 0.15) is 0 Å². The molecule has 1 aliphatic rings. The summed E-state index contributed by atoms with van der Waals surface area (Å²) in [4.78, 5) is 14.8. The summed E-state index contributed by atoms with van der Waals surface area (Å²) >= 11 is 0. The highest BCUT2D eigenvalue weighted by atomic mass is 16.3. The second-order valence-corrected chi connectivity index (χ2v) is 5.60. The standard InChI is InChI=1S/C17H25NO2/c1-4-15(19)14-12-17(14,13-10-8-7-9-11-13)16(20)18(5-2)6-3/h7-11,14-15,19H,4-6,12H2,1-3H3/t14-,15?,17+/m1/s1. The van der Waals surface area contributed by atoms with Crippen LogP contribution < -0.4 is 0 Å². The predicted octanol–water partition coefficient (Wildman–Crippen LogP) is 2.58. The van der Waals surface area contributed by atoms with Crippen molar-refractivity contribution in [3.05, 3.63) is 35.9 Å². The molecule has 0 radical (unpaired) electrons. The first-order chi connectivity index (χ1) is 9.61. The number of carbonyl (C=O) groups excluding carboxylic acids is 1. The number of carbonyl (C=O) groups is 1. The fourth-order valence-corrected chi connectivity index (χ4v) is 3.27. The van der Waals surface area contributed by atoms with E-state index in [1.165, 1.54) is 0 Å². The largest absolute Gasteiger partial charge is 0.393 e. The van der Waals surface area contributed by atoms with E-state index in [-0.39, 0.29) is 11.8 Å². The molecule has 3 nitrogen and oxygen atoms in total. The van der Waals surface area contributed by atoms with Gasteiger partial charge in [-0.2, -0.15) is 0 Å². The zero-order valence-corrected chi connectivity index (χ0v) is 12.7. The second-order valence-electron chi connectivity index (χ2n) is 5.60. The summed E-state index contributed by atoms with van der Waals surface area (Å²) in [5, 5.41) is 10.2. The van der Waals surface area contributed by atoms with Crippen molar-refractivity contribution in [2.45, 2.75) is 45.1 Å². The highest BCUT2D eigenvalue weighted by molar-refractivity contribution is 5.92. The molecule has 1 N–H and O–H groups in total. The molecule has 3 heteroatoms. The van der Waals surface area contributed by atoms with Gasteiger partial charge in [0.15, 0.2) is 0 Å². The molecule has 0 spiro atoms. The average Bonchev–Trinajstić information content (AvgIpc) is 3.25. The van der Waals surface area contributed by atoms with Crippen molar-refractivity contribution >= 4 is 5.91 Å². The molecule has 0 heterocycles. The molecule has 1 amide bonds. The number of aliphatic hydroxyl groups excluding tert-OH is 1. The van der Waals surface area contributed by atoms with Crippen LogP contribution in [0.1, 0.15) is 39.2 Å². The summed E-state index contributed by atoms with van der Waals surface area (Å²) in [7, 11) is 0. The van der Waals surface area contributed by atoms with E-state index in [4.69, 9.17) is 0 Å². The van der Waals surface area contributed by atoms with E-state index < -0.39 is 11.5 Å². The number of likely N-dealkylation sites (N-methyl/N-ethyl adjacent to an activating group) is 1. The number of benzene rings is 1. The van der Waals surface area contributed by atoms with Crippen LogP contribution in [0.3, 0.4) is 0 Å². The molecule has 0 saturated heterocycles. The maximum absolute atomic E-state index is 12.9. The van der Waals surface area contributed by atoms with Gasteiger partial charge in [0.2, 0.25) is 5.91 Å². The number of nitrogens with zero attached hydrogens (tertiary/aromatic N) is 1. The zero-order chi connectivity index (χ0) is 14.8. The lowest BCUT2D eigenvalue weighted by Gasteiger charge is -2.27. The molecule has 1 unspecified atom stereocenters. The minimum Gasteiger partial charge on any atom is -0.393 e. The Morgan fingerprint density at radius 2 is 1.90 bits per heavy atom. The van der Waals surface area contributed by atoms with Crippen LogP contribution in [-0.2, 0) is 10.2 Å². The first-order valence-corrected chi connectivity index (χ1v) is 7.64. The lowest BCUT2D eigenvalue weighted by Crippen LogP contribution is -2.41. The molecule has 1 saturated carbocycles.